The van der Waals surface area contributed by atoms with Gasteiger partial charge in [0.1, 0.15) is 16.8 Å². The van der Waals surface area contributed by atoms with Gasteiger partial charge in [-0.3, -0.25) is 0 Å². The molecular formula is C41H29N3O. The standard InChI is InChI=1S/C41H29N3O/c42-25-26-15-17-29(18-16-26)40-43-37(39-38(44-40)32-10-3-5-14-35(32)45-39)28-21-19-27(20-22-28)30-11-8-13-34-36(30)31-9-2-4-12-33(31)41(34)23-6-1-7-24-41/h2-5,8-22H,1,6-7,23-24H2. The Morgan fingerprint density at radius 3 is 2.13 bits per heavy atom. The maximum Gasteiger partial charge on any atom is 0.180 e. The second kappa shape index (κ2) is 10.0. The van der Waals surface area contributed by atoms with Crippen LogP contribution in [0.25, 0.3) is 67.0 Å². The van der Waals surface area contributed by atoms with Crippen molar-refractivity contribution in [2.45, 2.75) is 37.5 Å². The Balaban J connectivity index is 1.19. The van der Waals surface area contributed by atoms with Gasteiger partial charge in [0.05, 0.1) is 11.6 Å². The first-order chi connectivity index (χ1) is 22.2. The summed E-state index contributed by atoms with van der Waals surface area (Å²) in [6, 6.07) is 42.3. The number of rotatable bonds is 3. The molecule has 2 heterocycles. The van der Waals surface area contributed by atoms with Gasteiger partial charge < -0.3 is 4.42 Å². The van der Waals surface area contributed by atoms with Crippen molar-refractivity contribution in [3.05, 3.63) is 132 Å². The zero-order valence-corrected chi connectivity index (χ0v) is 24.8. The van der Waals surface area contributed by atoms with Crippen molar-refractivity contribution < 1.29 is 4.42 Å². The predicted octanol–water partition coefficient (Wildman–Crippen LogP) is 10.5. The van der Waals surface area contributed by atoms with Crippen molar-refractivity contribution >= 4 is 22.1 Å². The second-order valence-electron chi connectivity index (χ2n) is 12.4. The molecule has 2 aliphatic rings. The zero-order valence-electron chi connectivity index (χ0n) is 24.8. The molecule has 4 heteroatoms. The van der Waals surface area contributed by atoms with E-state index >= 15 is 0 Å². The minimum Gasteiger partial charge on any atom is -0.452 e. The molecule has 1 saturated carbocycles. The summed E-state index contributed by atoms with van der Waals surface area (Å²) in [4.78, 5) is 10.0. The van der Waals surface area contributed by atoms with Crippen molar-refractivity contribution in [1.29, 1.82) is 5.26 Å². The third-order valence-electron chi connectivity index (χ3n) is 9.96. The number of fused-ring (bicyclic) bond motifs is 8. The maximum absolute atomic E-state index is 9.30. The van der Waals surface area contributed by atoms with Gasteiger partial charge in [-0.1, -0.05) is 98.1 Å². The first-order valence-corrected chi connectivity index (χ1v) is 15.8. The number of benzene rings is 5. The van der Waals surface area contributed by atoms with E-state index in [0.717, 1.165) is 33.3 Å². The van der Waals surface area contributed by atoms with Gasteiger partial charge >= 0.3 is 0 Å². The summed E-state index contributed by atoms with van der Waals surface area (Å²) in [6.45, 7) is 0. The molecule has 2 aromatic heterocycles. The fourth-order valence-corrected chi connectivity index (χ4v) is 7.86. The van der Waals surface area contributed by atoms with Crippen LogP contribution >= 0.6 is 0 Å². The Morgan fingerprint density at radius 1 is 0.622 bits per heavy atom. The lowest BCUT2D eigenvalue weighted by atomic mass is 9.68. The van der Waals surface area contributed by atoms with E-state index in [2.05, 4.69) is 72.8 Å². The van der Waals surface area contributed by atoms with E-state index < -0.39 is 0 Å². The SMILES string of the molecule is N#Cc1ccc(-c2nc(-c3ccc(-c4cccc5c4-c4ccccc4C54CCCCC4)cc3)c3oc4ccccc4c3n2)cc1. The summed E-state index contributed by atoms with van der Waals surface area (Å²) >= 11 is 0. The average Bonchev–Trinajstić information content (AvgIpc) is 3.62. The van der Waals surface area contributed by atoms with Crippen LogP contribution in [0.4, 0.5) is 0 Å². The van der Waals surface area contributed by atoms with Crippen molar-refractivity contribution in [1.82, 2.24) is 9.97 Å². The summed E-state index contributed by atoms with van der Waals surface area (Å²) < 4.78 is 6.38. The molecule has 7 aromatic rings. The largest absolute Gasteiger partial charge is 0.452 e. The molecule has 0 unspecified atom stereocenters. The van der Waals surface area contributed by atoms with E-state index in [1.165, 1.54) is 65.5 Å². The highest BCUT2D eigenvalue weighted by atomic mass is 16.3. The highest BCUT2D eigenvalue weighted by Crippen LogP contribution is 2.57. The van der Waals surface area contributed by atoms with Crippen LogP contribution in [-0.2, 0) is 5.41 Å². The normalized spacial score (nSPS) is 14.8. The van der Waals surface area contributed by atoms with E-state index in [1.54, 1.807) is 12.1 Å². The third kappa shape index (κ3) is 3.90. The second-order valence-corrected chi connectivity index (χ2v) is 12.4. The number of aromatic nitrogens is 2. The first kappa shape index (κ1) is 25.9. The molecule has 0 aliphatic heterocycles. The van der Waals surface area contributed by atoms with Crippen molar-refractivity contribution in [2.75, 3.05) is 0 Å². The van der Waals surface area contributed by atoms with Gasteiger partial charge in [-0.05, 0) is 82.6 Å². The molecule has 4 nitrogen and oxygen atoms in total. The predicted molar refractivity (Wildman–Crippen MR) is 180 cm³/mol. The molecule has 1 spiro atoms. The number of hydrogen-bond acceptors (Lipinski definition) is 4. The molecule has 0 N–H and O–H groups in total. The molecule has 45 heavy (non-hydrogen) atoms. The van der Waals surface area contributed by atoms with Gasteiger partial charge in [-0.25, -0.2) is 9.97 Å². The van der Waals surface area contributed by atoms with E-state index in [1.807, 2.05) is 36.4 Å². The summed E-state index contributed by atoms with van der Waals surface area (Å²) in [6.07, 6.45) is 6.35. The van der Waals surface area contributed by atoms with Crippen LogP contribution in [0.15, 0.2) is 120 Å². The summed E-state index contributed by atoms with van der Waals surface area (Å²) in [5.74, 6) is 0.605. The third-order valence-corrected chi connectivity index (χ3v) is 9.96. The molecule has 0 radical (unpaired) electrons. The topological polar surface area (TPSA) is 62.7 Å². The van der Waals surface area contributed by atoms with Crippen LogP contribution in [0.3, 0.4) is 0 Å². The maximum atomic E-state index is 9.30. The van der Waals surface area contributed by atoms with Crippen LogP contribution < -0.4 is 0 Å². The molecule has 5 aromatic carbocycles. The van der Waals surface area contributed by atoms with E-state index in [4.69, 9.17) is 14.4 Å². The molecule has 214 valence electrons. The average molecular weight is 580 g/mol. The summed E-state index contributed by atoms with van der Waals surface area (Å²) in [5, 5.41) is 10.3. The molecule has 2 aliphatic carbocycles. The number of hydrogen-bond donors (Lipinski definition) is 0. The fourth-order valence-electron chi connectivity index (χ4n) is 7.86. The Hall–Kier alpha value is -5.53. The van der Waals surface area contributed by atoms with E-state index in [0.29, 0.717) is 17.0 Å². The molecule has 0 saturated heterocycles. The minimum absolute atomic E-state index is 0.135. The van der Waals surface area contributed by atoms with Crippen LogP contribution in [0, 0.1) is 11.3 Å². The molecule has 0 amide bonds. The fraction of sp³-hybridized carbons (Fsp3) is 0.146. The van der Waals surface area contributed by atoms with Crippen molar-refractivity contribution in [2.24, 2.45) is 0 Å². The Labute approximate surface area is 261 Å². The summed E-state index contributed by atoms with van der Waals surface area (Å²) in [7, 11) is 0. The van der Waals surface area contributed by atoms with Crippen LogP contribution in [-0.4, -0.2) is 9.97 Å². The van der Waals surface area contributed by atoms with Gasteiger partial charge in [0, 0.05) is 21.9 Å². The monoisotopic (exact) mass is 579 g/mol. The number of para-hydroxylation sites is 1. The van der Waals surface area contributed by atoms with Crippen LogP contribution in [0.2, 0.25) is 0 Å². The van der Waals surface area contributed by atoms with E-state index in [9.17, 15) is 5.26 Å². The highest BCUT2D eigenvalue weighted by molar-refractivity contribution is 6.07. The smallest absolute Gasteiger partial charge is 0.180 e. The Bertz CT molecular complexity index is 2300. The van der Waals surface area contributed by atoms with Gasteiger partial charge in [0.2, 0.25) is 0 Å². The Morgan fingerprint density at radius 2 is 1.31 bits per heavy atom. The van der Waals surface area contributed by atoms with Crippen molar-refractivity contribution in [3.63, 3.8) is 0 Å². The quantitative estimate of drug-likeness (QED) is 0.209. The number of nitrogens with zero attached hydrogens (tertiary/aromatic N) is 3. The molecule has 0 bridgehead atoms. The minimum atomic E-state index is 0.135. The molecular weight excluding hydrogens is 550 g/mol. The lowest BCUT2D eigenvalue weighted by molar-refractivity contribution is 0.353. The Kier molecular flexibility index (Phi) is 5.76. The highest BCUT2D eigenvalue weighted by Gasteiger charge is 2.44. The molecule has 9 rings (SSSR count). The van der Waals surface area contributed by atoms with Gasteiger partial charge in [-0.15, -0.1) is 0 Å². The number of nitriles is 1. The van der Waals surface area contributed by atoms with Gasteiger partial charge in [-0.2, -0.15) is 5.26 Å². The lowest BCUT2D eigenvalue weighted by Crippen LogP contribution is -2.27. The van der Waals surface area contributed by atoms with Crippen LogP contribution in [0.1, 0.15) is 48.8 Å². The molecule has 0 atom stereocenters. The van der Waals surface area contributed by atoms with E-state index in [-0.39, 0.29) is 5.41 Å². The van der Waals surface area contributed by atoms with Crippen LogP contribution in [0.5, 0.6) is 0 Å². The first-order valence-electron chi connectivity index (χ1n) is 15.8. The molecule has 1 fully saturated rings. The van der Waals surface area contributed by atoms with Gasteiger partial charge in [0.25, 0.3) is 0 Å². The zero-order chi connectivity index (χ0) is 30.0. The summed E-state index contributed by atoms with van der Waals surface area (Å²) in [5.41, 5.74) is 13.8. The lowest BCUT2D eigenvalue weighted by Gasteiger charge is -2.36. The van der Waals surface area contributed by atoms with Crippen molar-refractivity contribution in [3.8, 4) is 51.0 Å². The van der Waals surface area contributed by atoms with Gasteiger partial charge in [0.15, 0.2) is 11.4 Å². The number of furan rings is 1.